The van der Waals surface area contributed by atoms with Crippen LogP contribution in [0, 0.1) is 22.7 Å². The number of aliphatic carboxylic acids is 4. The Hall–Kier alpha value is -14.3. The number of likely N-dealkylation sites (tertiary alicyclic amines) is 1. The second kappa shape index (κ2) is 61.8. The van der Waals surface area contributed by atoms with E-state index in [-0.39, 0.29) is 64.6 Å². The summed E-state index contributed by atoms with van der Waals surface area (Å²) in [7, 11) is 0. The first-order valence-electron chi connectivity index (χ1n) is 44.0. The number of aliphatic hydroxyl groups excluding tert-OH is 3. The van der Waals surface area contributed by atoms with Gasteiger partial charge in [0.1, 0.15) is 90.6 Å². The lowest BCUT2D eigenvalue weighted by atomic mass is 10.0. The summed E-state index contributed by atoms with van der Waals surface area (Å²) in [4.78, 5) is 310. The van der Waals surface area contributed by atoms with Gasteiger partial charge in [0.05, 0.1) is 52.4 Å². The quantitative estimate of drug-likeness (QED) is 0.0127. The summed E-state index contributed by atoms with van der Waals surface area (Å²) in [5.41, 5.74) is 22.8. The first-order chi connectivity index (χ1) is 66.0. The molecule has 0 spiro atoms. The number of benzene rings is 1. The summed E-state index contributed by atoms with van der Waals surface area (Å²) >= 11 is 8.15. The van der Waals surface area contributed by atoms with Gasteiger partial charge in [-0.1, -0.05) is 45.9 Å². The number of para-hydroxylation sites is 1. The van der Waals surface area contributed by atoms with Gasteiger partial charge in [-0.05, 0) is 87.7 Å². The summed E-state index contributed by atoms with van der Waals surface area (Å²) in [6.07, 6.45) is -3.97. The second-order valence-electron chi connectivity index (χ2n) is 32.7. The smallest absolute Gasteiger partial charge is 0.326 e. The molecule has 15 atom stereocenters. The number of carboxylic acid groups (broad SMARTS) is 4. The number of carbonyl (C=O) groups excluding carboxylic acids is 19. The molecule has 2 aromatic rings. The Labute approximate surface area is 810 Å². The lowest BCUT2D eigenvalue weighted by Crippen LogP contribution is -2.62. The molecule has 1 aromatic heterocycles. The van der Waals surface area contributed by atoms with Crippen molar-refractivity contribution < 1.29 is 146 Å². The van der Waals surface area contributed by atoms with E-state index in [0.717, 1.165) is 0 Å². The molecule has 0 bridgehead atoms. The van der Waals surface area contributed by atoms with Gasteiger partial charge < -0.3 is 170 Å². The average Bonchev–Trinajstić information content (AvgIpc) is 1.66. The molecule has 1 aliphatic heterocycles. The van der Waals surface area contributed by atoms with Crippen LogP contribution in [0.25, 0.3) is 10.9 Å². The molecule has 1 aromatic carbocycles. The molecule has 0 unspecified atom stereocenters. The molecule has 0 radical (unpaired) electrons. The highest BCUT2D eigenvalue weighted by Crippen LogP contribution is 2.23. The van der Waals surface area contributed by atoms with Crippen LogP contribution in [0.3, 0.4) is 0 Å². The van der Waals surface area contributed by atoms with Crippen molar-refractivity contribution in [3.05, 3.63) is 36.0 Å². The van der Waals surface area contributed by atoms with Crippen LogP contribution in [0.1, 0.15) is 123 Å². The molecular weight excluding hydrogens is 1900 g/mol. The van der Waals surface area contributed by atoms with Crippen molar-refractivity contribution >= 4 is 184 Å². The predicted octanol–water partition coefficient (Wildman–Crippen LogP) is -13.6. The second-order valence-corrected chi connectivity index (χ2v) is 33.4. The monoisotopic (exact) mass is 2020 g/mol. The Morgan fingerprint density at radius 1 is 0.436 bits per heavy atom. The maximum atomic E-state index is 14.4. The van der Waals surface area contributed by atoms with E-state index < -0.39 is 353 Å². The lowest BCUT2D eigenvalue weighted by molar-refractivity contribution is -0.143. The van der Waals surface area contributed by atoms with Crippen molar-refractivity contribution in [3.8, 4) is 0 Å². The third kappa shape index (κ3) is 43.1. The molecule has 1 saturated heterocycles. The Morgan fingerprint density at radius 2 is 0.829 bits per heavy atom. The molecule has 0 aliphatic carbocycles. The van der Waals surface area contributed by atoms with Gasteiger partial charge in [0, 0.05) is 73.9 Å². The topological polar surface area (TPSA) is 934 Å². The molecule has 37 N–H and O–H groups in total. The van der Waals surface area contributed by atoms with E-state index in [0.29, 0.717) is 22.9 Å². The number of fused-ring (bicyclic) bond motifs is 1. The van der Waals surface area contributed by atoms with E-state index in [1.807, 2.05) is 0 Å². The molecule has 2 heterocycles. The minimum Gasteiger partial charge on any atom is -0.481 e. The molecule has 57 nitrogen and oxygen atoms in total. The molecule has 19 amide bonds. The van der Waals surface area contributed by atoms with E-state index in [1.165, 1.54) is 18.7 Å². The normalized spacial score (nSPS) is 15.1. The minimum absolute atomic E-state index is 0.00347. The number of nitrogens with two attached hydrogens (primary N) is 4. The number of carboxylic acids is 4. The van der Waals surface area contributed by atoms with Crippen molar-refractivity contribution in [2.24, 2.45) is 34.8 Å². The van der Waals surface area contributed by atoms with Crippen LogP contribution in [-0.2, 0) is 117 Å². The van der Waals surface area contributed by atoms with E-state index in [4.69, 9.17) is 33.8 Å². The van der Waals surface area contributed by atoms with Crippen molar-refractivity contribution in [1.29, 1.82) is 10.8 Å². The highest BCUT2D eigenvalue weighted by atomic mass is 32.1. The number of nitrogens with zero attached hydrogens (tertiary/aromatic N) is 1. The number of thiol groups is 2. The molecule has 3 rings (SSSR count). The Kier molecular flexibility index (Phi) is 52.9. The van der Waals surface area contributed by atoms with Crippen LogP contribution in [0.2, 0.25) is 0 Å². The van der Waals surface area contributed by atoms with Crippen molar-refractivity contribution in [3.63, 3.8) is 0 Å². The number of hydrogen-bond donors (Lipinski definition) is 35. The highest BCUT2D eigenvalue weighted by Gasteiger charge is 2.41. The fourth-order valence-corrected chi connectivity index (χ4v) is 14.0. The fraction of sp³-hybridized carbons (Fsp3) is 0.593. The van der Waals surface area contributed by atoms with Gasteiger partial charge >= 0.3 is 23.9 Å². The number of guanidine groups is 2. The molecule has 1 aliphatic rings. The van der Waals surface area contributed by atoms with Crippen LogP contribution in [0.5, 0.6) is 0 Å². The standard InChI is InChI=1S/C81H127N27O30S2/c1-37(2)24-47(70(128)95-42(12-7-21-88-80(84)85)66(124)102-50(32-109)73(131)98-46(79(137)138)13-8-22-89-81(86)87)99-68(126)44(15-18-56(83)112)96-67(125)43(16-19-61(117)118)94-59(115)31-92-57(113)29-91-58(114)30-93-65(123)53(35-139)105-74(132)51(33-110)104-78(136)64(38(3)4)107-75(133)52(34-111)103-76(134)54(36-140)106-72(130)49(26-63(121)122)100-69(127)45(17-20-62(119)120)97-71(129)48(25-39-28-90-41-11-6-5-10-40(39)41)101-77(135)55-14-9-23-108(55)60(116)27-82/h5-6,10-11,28,37-38,42-55,64,90,109-111,139-140H,7-9,12-27,29-36,82H2,1-4H3,(H2,83,112)(H,91,114)(H,92,113)(H,93,123)(H,94,115)(H,95,128)(H,96,125)(H,97,129)(H,98,131)(H,99,126)(H,100,127)(H,101,135)(H,102,124)(H,103,134)(H,104,136)(H,105,132)(H,106,130)(H,107,133)(H,117,118)(H,119,120)(H,121,122)(H,137,138)(H4,84,85,88)(H4,86,87,89)/t42-,43-,44-,45-,46-,47-,48-,49-,50-,51-,52-,53-,54-,55-,64-/m0/s1. The van der Waals surface area contributed by atoms with E-state index in [2.05, 4.69) is 131 Å². The number of nitrogens with one attached hydrogen (secondary N) is 22. The number of aliphatic hydroxyl groups is 3. The number of H-pyrrole nitrogens is 1. The summed E-state index contributed by atoms with van der Waals surface area (Å²) in [5, 5.41) is 128. The molecular formula is C81H127N27O30S2. The zero-order valence-electron chi connectivity index (χ0n) is 77.0. The third-order valence-corrected chi connectivity index (χ3v) is 21.6. The van der Waals surface area contributed by atoms with E-state index >= 15 is 0 Å². The third-order valence-electron chi connectivity index (χ3n) is 20.9. The van der Waals surface area contributed by atoms with E-state index in [1.54, 1.807) is 44.3 Å². The maximum absolute atomic E-state index is 14.4. The highest BCUT2D eigenvalue weighted by molar-refractivity contribution is 7.80. The lowest BCUT2D eigenvalue weighted by Gasteiger charge is -2.28. The molecule has 0 saturated carbocycles. The zero-order valence-corrected chi connectivity index (χ0v) is 78.8. The predicted molar refractivity (Wildman–Crippen MR) is 495 cm³/mol. The Morgan fingerprint density at radius 3 is 1.29 bits per heavy atom. The van der Waals surface area contributed by atoms with Crippen LogP contribution in [0.15, 0.2) is 30.5 Å². The van der Waals surface area contributed by atoms with Crippen molar-refractivity contribution in [2.75, 3.05) is 77.1 Å². The number of aromatic amines is 1. The number of carbonyl (C=O) groups is 23. The molecule has 140 heavy (non-hydrogen) atoms. The Balaban J connectivity index is 1.66. The average molecular weight is 2020 g/mol. The maximum Gasteiger partial charge on any atom is 0.326 e. The van der Waals surface area contributed by atoms with Gasteiger partial charge in [-0.15, -0.1) is 0 Å². The summed E-state index contributed by atoms with van der Waals surface area (Å²) in [6.45, 7) is -0.439. The van der Waals surface area contributed by atoms with Crippen LogP contribution < -0.4 is 124 Å². The number of primary amides is 1. The largest absolute Gasteiger partial charge is 0.481 e. The fourth-order valence-electron chi connectivity index (χ4n) is 13.5. The van der Waals surface area contributed by atoms with Gasteiger partial charge in [0.25, 0.3) is 0 Å². The summed E-state index contributed by atoms with van der Waals surface area (Å²) < 4.78 is 0. The number of aromatic nitrogens is 1. The van der Waals surface area contributed by atoms with Crippen LogP contribution in [-0.4, -0.2) is 361 Å². The minimum atomic E-state index is -2.11. The number of amides is 19. The molecule has 1 fully saturated rings. The van der Waals surface area contributed by atoms with Gasteiger partial charge in [0.2, 0.25) is 112 Å². The van der Waals surface area contributed by atoms with Gasteiger partial charge in [-0.2, -0.15) is 25.3 Å². The SMILES string of the molecule is CC(C)C[C@H](NC(=O)[C@H](CCC(N)=O)NC(=O)[C@H](CCC(=O)O)NC(=O)CNC(=O)CNC(=O)CNC(=O)[C@H](CS)NC(=O)[C@H](CO)NC(=O)[C@@H](NC(=O)[C@H](CO)NC(=O)[C@H](CS)NC(=O)[C@H](CC(=O)O)NC(=O)[C@H](CCC(=O)O)NC(=O)[C@H](Cc1c[nH]c2ccccc12)NC(=O)[C@@H]1CCCN1C(=O)CN)C(C)C)C(=O)N[C@@H](CCCNC(=N)N)C(=O)N[C@@H](CO)C(=O)N[C@@H](CCCNC(=N)N)C(=O)O. The van der Waals surface area contributed by atoms with Gasteiger partial charge in [0.15, 0.2) is 11.9 Å². The van der Waals surface area contributed by atoms with Crippen molar-refractivity contribution in [1.82, 2.24) is 111 Å². The first kappa shape index (κ1) is 120. The van der Waals surface area contributed by atoms with Crippen molar-refractivity contribution in [2.45, 2.75) is 215 Å². The van der Waals surface area contributed by atoms with Gasteiger partial charge in [-0.25, -0.2) is 4.79 Å². The van der Waals surface area contributed by atoms with Gasteiger partial charge in [-0.3, -0.25) is 116 Å². The zero-order chi connectivity index (χ0) is 105. The number of rotatable bonds is 65. The summed E-state index contributed by atoms with van der Waals surface area (Å²) in [6, 6.07) is -18.8. The number of hydrogen-bond acceptors (Lipinski definition) is 31. The van der Waals surface area contributed by atoms with Crippen LogP contribution in [0.4, 0.5) is 0 Å². The first-order valence-corrected chi connectivity index (χ1v) is 45.3. The summed E-state index contributed by atoms with van der Waals surface area (Å²) in [5.74, 6) is -30.7. The van der Waals surface area contributed by atoms with E-state index in [9.17, 15) is 146 Å². The Bertz CT molecular complexity index is 4740. The van der Waals surface area contributed by atoms with Crippen LogP contribution >= 0.6 is 25.3 Å². The molecule has 59 heteroatoms. The molecule has 778 valence electrons.